The minimum atomic E-state index is -0.0393. The number of benzene rings is 2. The molecule has 1 N–H and O–H groups in total. The van der Waals surface area contributed by atoms with Crippen molar-refractivity contribution in [1.29, 1.82) is 0 Å². The van der Waals surface area contributed by atoms with Gasteiger partial charge in [-0.05, 0) is 55.0 Å². The first-order valence-electron chi connectivity index (χ1n) is 11.6. The molecule has 1 atom stereocenters. The monoisotopic (exact) mass is 477 g/mol. The molecule has 6 rings (SSSR count). The van der Waals surface area contributed by atoms with Crippen LogP contribution >= 0.6 is 0 Å². The van der Waals surface area contributed by atoms with E-state index in [0.29, 0.717) is 29.3 Å². The van der Waals surface area contributed by atoms with E-state index in [0.717, 1.165) is 33.6 Å². The Kier molecular flexibility index (Phi) is 5.10. The third-order valence-corrected chi connectivity index (χ3v) is 6.42. The summed E-state index contributed by atoms with van der Waals surface area (Å²) in [5.74, 6) is 2.16. The van der Waals surface area contributed by atoms with E-state index in [1.54, 1.807) is 9.42 Å². The van der Waals surface area contributed by atoms with Gasteiger partial charge in [-0.1, -0.05) is 13.5 Å². The largest absolute Gasteiger partial charge is 0.457 e. The number of aryl methyl sites for hydroxylation is 1. The van der Waals surface area contributed by atoms with Crippen LogP contribution in [-0.4, -0.2) is 37.0 Å². The molecular weight excluding hydrogens is 454 g/mol. The number of fused-ring (bicyclic) bond motifs is 2. The minimum Gasteiger partial charge on any atom is -0.457 e. The van der Waals surface area contributed by atoms with Crippen molar-refractivity contribution < 1.29 is 9.53 Å². The number of nitrogens with zero attached hydrogens (tertiary/aromatic N) is 6. The van der Waals surface area contributed by atoms with E-state index in [9.17, 15) is 4.79 Å². The maximum atomic E-state index is 12.6. The van der Waals surface area contributed by atoms with Crippen molar-refractivity contribution in [3.05, 3.63) is 85.1 Å². The molecule has 1 aliphatic rings. The molecule has 0 radical (unpaired) electrons. The molecule has 0 saturated carbocycles. The maximum Gasteiger partial charge on any atom is 0.253 e. The lowest BCUT2D eigenvalue weighted by molar-refractivity contribution is -0.114. The molecule has 9 heteroatoms. The van der Waals surface area contributed by atoms with Crippen LogP contribution < -0.4 is 15.0 Å². The van der Waals surface area contributed by atoms with Crippen molar-refractivity contribution in [3.63, 3.8) is 0 Å². The molecule has 1 fully saturated rings. The summed E-state index contributed by atoms with van der Waals surface area (Å²) >= 11 is 0. The fourth-order valence-electron chi connectivity index (χ4n) is 4.35. The van der Waals surface area contributed by atoms with Gasteiger partial charge in [-0.25, -0.2) is 19.5 Å². The molecule has 3 aromatic heterocycles. The Labute approximate surface area is 207 Å². The van der Waals surface area contributed by atoms with Gasteiger partial charge in [0.15, 0.2) is 5.65 Å². The van der Waals surface area contributed by atoms with Crippen molar-refractivity contribution in [3.8, 4) is 11.5 Å². The number of rotatable bonds is 5. The van der Waals surface area contributed by atoms with Crippen molar-refractivity contribution in [2.24, 2.45) is 5.92 Å². The second kappa shape index (κ2) is 8.46. The molecule has 0 unspecified atom stereocenters. The van der Waals surface area contributed by atoms with Gasteiger partial charge < -0.3 is 15.0 Å². The third kappa shape index (κ3) is 3.80. The lowest BCUT2D eigenvalue weighted by atomic mass is 10.1. The lowest BCUT2D eigenvalue weighted by Crippen LogP contribution is -2.24. The number of aromatic nitrogens is 5. The lowest BCUT2D eigenvalue weighted by Gasteiger charge is -2.17. The Balaban J connectivity index is 1.27. The average Bonchev–Trinajstić information content (AvgIpc) is 3.45. The molecule has 178 valence electrons. The number of hydrogen-bond donors (Lipinski definition) is 1. The topological polar surface area (TPSA) is 97.5 Å². The highest BCUT2D eigenvalue weighted by Gasteiger charge is 2.31. The zero-order valence-electron chi connectivity index (χ0n) is 19.8. The second-order valence-electron chi connectivity index (χ2n) is 8.90. The predicted octanol–water partition coefficient (Wildman–Crippen LogP) is 5.06. The van der Waals surface area contributed by atoms with E-state index in [1.807, 2.05) is 68.6 Å². The number of pyridine rings is 1. The molecule has 1 saturated heterocycles. The maximum absolute atomic E-state index is 12.6. The quantitative estimate of drug-likeness (QED) is 0.354. The van der Waals surface area contributed by atoms with E-state index >= 15 is 0 Å². The fourth-order valence-corrected chi connectivity index (χ4v) is 4.35. The Morgan fingerprint density at radius 1 is 1.06 bits per heavy atom. The first-order valence-corrected chi connectivity index (χ1v) is 11.6. The molecule has 0 bridgehead atoms. The Morgan fingerprint density at radius 2 is 1.94 bits per heavy atom. The zero-order chi connectivity index (χ0) is 24.8. The highest BCUT2D eigenvalue weighted by Crippen LogP contribution is 2.33. The number of ether oxygens (including phenoxy) is 1. The Hall–Kier alpha value is -4.79. The number of amides is 1. The van der Waals surface area contributed by atoms with Crippen LogP contribution in [0.25, 0.3) is 16.6 Å². The van der Waals surface area contributed by atoms with Crippen LogP contribution in [0.4, 0.5) is 17.2 Å². The summed E-state index contributed by atoms with van der Waals surface area (Å²) in [7, 11) is 0. The summed E-state index contributed by atoms with van der Waals surface area (Å²) < 4.78 is 7.76. The van der Waals surface area contributed by atoms with E-state index in [4.69, 9.17) is 4.74 Å². The van der Waals surface area contributed by atoms with Crippen molar-refractivity contribution in [1.82, 2.24) is 24.6 Å². The van der Waals surface area contributed by atoms with Gasteiger partial charge in [0.1, 0.15) is 30.0 Å². The molecule has 0 aliphatic carbocycles. The number of carbonyl (C=O) groups excluding carboxylic acids is 1. The predicted molar refractivity (Wildman–Crippen MR) is 138 cm³/mol. The number of hydrogen-bond acceptors (Lipinski definition) is 7. The summed E-state index contributed by atoms with van der Waals surface area (Å²) in [6, 6.07) is 15.3. The van der Waals surface area contributed by atoms with Crippen molar-refractivity contribution >= 4 is 39.6 Å². The summed E-state index contributed by atoms with van der Waals surface area (Å²) in [5.41, 5.74) is 4.76. The number of nitrogens with one attached hydrogen (secondary N) is 1. The number of anilines is 3. The summed E-state index contributed by atoms with van der Waals surface area (Å²) in [6.45, 7) is 8.55. The van der Waals surface area contributed by atoms with Crippen LogP contribution in [0.2, 0.25) is 0 Å². The van der Waals surface area contributed by atoms with Gasteiger partial charge in [0, 0.05) is 47.1 Å². The molecule has 2 aromatic carbocycles. The van der Waals surface area contributed by atoms with Crippen LogP contribution in [0.15, 0.2) is 79.5 Å². The van der Waals surface area contributed by atoms with Crippen molar-refractivity contribution in [2.75, 3.05) is 16.8 Å². The first kappa shape index (κ1) is 21.7. The standard InChI is InChI=1S/C27H23N7O2/c1-16-10-19(4-7-24(16)36-21-8-9-34-25(12-21)29-15-31-34)32-26-22-11-20(5-6-23(22)28-14-30-26)33-13-17(2)18(3)27(33)35/h4-12,14-15,17H,3,13H2,1-2H3,(H,28,30,32)/t17-/m1/s1. The Bertz CT molecular complexity index is 1660. The minimum absolute atomic E-state index is 0.0393. The van der Waals surface area contributed by atoms with Crippen LogP contribution in [-0.2, 0) is 4.79 Å². The molecule has 1 aliphatic heterocycles. The average molecular weight is 478 g/mol. The first-order chi connectivity index (χ1) is 17.5. The highest BCUT2D eigenvalue weighted by atomic mass is 16.5. The third-order valence-electron chi connectivity index (χ3n) is 6.42. The smallest absolute Gasteiger partial charge is 0.253 e. The van der Waals surface area contributed by atoms with E-state index < -0.39 is 0 Å². The molecule has 4 heterocycles. The van der Waals surface area contributed by atoms with Gasteiger partial charge in [-0.15, -0.1) is 0 Å². The van der Waals surface area contributed by atoms with Crippen LogP contribution in [0.5, 0.6) is 11.5 Å². The van der Waals surface area contributed by atoms with E-state index in [-0.39, 0.29) is 11.8 Å². The molecule has 5 aromatic rings. The molecular formula is C27H23N7O2. The van der Waals surface area contributed by atoms with Crippen LogP contribution in [0, 0.1) is 12.8 Å². The van der Waals surface area contributed by atoms with Crippen molar-refractivity contribution in [2.45, 2.75) is 13.8 Å². The molecule has 36 heavy (non-hydrogen) atoms. The van der Waals surface area contributed by atoms with E-state index in [1.165, 1.54) is 12.7 Å². The summed E-state index contributed by atoms with van der Waals surface area (Å²) in [5, 5.41) is 8.33. The van der Waals surface area contributed by atoms with Gasteiger partial charge >= 0.3 is 0 Å². The second-order valence-corrected chi connectivity index (χ2v) is 8.90. The Morgan fingerprint density at radius 3 is 2.75 bits per heavy atom. The van der Waals surface area contributed by atoms with Gasteiger partial charge in [0.25, 0.3) is 5.91 Å². The molecule has 0 spiro atoms. The van der Waals surface area contributed by atoms with Gasteiger partial charge in [0.05, 0.1) is 5.52 Å². The van der Waals surface area contributed by atoms with Crippen LogP contribution in [0.1, 0.15) is 12.5 Å². The summed E-state index contributed by atoms with van der Waals surface area (Å²) in [6.07, 6.45) is 4.84. The number of carbonyl (C=O) groups is 1. The van der Waals surface area contributed by atoms with Gasteiger partial charge in [-0.2, -0.15) is 5.10 Å². The summed E-state index contributed by atoms with van der Waals surface area (Å²) in [4.78, 5) is 27.5. The van der Waals surface area contributed by atoms with Crippen LogP contribution in [0.3, 0.4) is 0 Å². The highest BCUT2D eigenvalue weighted by molar-refractivity contribution is 6.09. The molecule has 1 amide bonds. The van der Waals surface area contributed by atoms with Gasteiger partial charge in [0.2, 0.25) is 0 Å². The van der Waals surface area contributed by atoms with Gasteiger partial charge in [-0.3, -0.25) is 4.79 Å². The SMILES string of the molecule is C=C1C(=O)N(c2ccc3ncnc(Nc4ccc(Oc5ccn6ncnc6c5)c(C)c4)c3c2)C[C@H]1C. The zero-order valence-corrected chi connectivity index (χ0v) is 19.8. The molecule has 9 nitrogen and oxygen atoms in total. The fraction of sp³-hybridized carbons (Fsp3) is 0.148. The van der Waals surface area contributed by atoms with E-state index in [2.05, 4.69) is 31.9 Å². The normalized spacial score (nSPS) is 15.7.